The fraction of sp³-hybridized carbons (Fsp3) is 0.600. The van der Waals surface area contributed by atoms with Gasteiger partial charge >= 0.3 is 0 Å². The van der Waals surface area contributed by atoms with E-state index in [2.05, 4.69) is 29.3 Å². The summed E-state index contributed by atoms with van der Waals surface area (Å²) in [4.78, 5) is 28.3. The lowest BCUT2D eigenvalue weighted by Crippen LogP contribution is -2.37. The van der Waals surface area contributed by atoms with Crippen molar-refractivity contribution in [3.63, 3.8) is 0 Å². The zero-order valence-electron chi connectivity index (χ0n) is 15.2. The number of hydrogen-bond acceptors (Lipinski definition) is 3. The van der Waals surface area contributed by atoms with Gasteiger partial charge in [0, 0.05) is 37.4 Å². The first-order valence-electron chi connectivity index (χ1n) is 9.54. The van der Waals surface area contributed by atoms with Crippen molar-refractivity contribution >= 4 is 23.2 Å². The zero-order chi connectivity index (χ0) is 17.6. The van der Waals surface area contributed by atoms with Crippen molar-refractivity contribution in [3.8, 4) is 0 Å². The molecule has 5 heteroatoms. The van der Waals surface area contributed by atoms with Crippen LogP contribution in [0.3, 0.4) is 0 Å². The van der Waals surface area contributed by atoms with Gasteiger partial charge in [0.15, 0.2) is 0 Å². The summed E-state index contributed by atoms with van der Waals surface area (Å²) in [6, 6.07) is 8.05. The second kappa shape index (κ2) is 8.37. The Kier molecular flexibility index (Phi) is 5.95. The number of carbonyl (C=O) groups is 2. The van der Waals surface area contributed by atoms with Crippen LogP contribution in [-0.2, 0) is 9.59 Å². The van der Waals surface area contributed by atoms with E-state index < -0.39 is 0 Å². The van der Waals surface area contributed by atoms with Gasteiger partial charge in [0.25, 0.3) is 0 Å². The summed E-state index contributed by atoms with van der Waals surface area (Å²) in [6.07, 6.45) is 6.04. The smallest absolute Gasteiger partial charge is 0.243 e. The van der Waals surface area contributed by atoms with E-state index in [1.54, 1.807) is 4.90 Å². The number of carbonyl (C=O) groups excluding carboxylic acids is 2. The van der Waals surface area contributed by atoms with E-state index in [4.69, 9.17) is 0 Å². The van der Waals surface area contributed by atoms with Crippen molar-refractivity contribution in [3.05, 3.63) is 24.3 Å². The number of nitrogens with one attached hydrogen (secondary N) is 1. The van der Waals surface area contributed by atoms with Crippen molar-refractivity contribution in [1.29, 1.82) is 0 Å². The van der Waals surface area contributed by atoms with Crippen molar-refractivity contribution < 1.29 is 9.59 Å². The Bertz CT molecular complexity index is 591. The zero-order valence-corrected chi connectivity index (χ0v) is 15.2. The van der Waals surface area contributed by atoms with Gasteiger partial charge in [-0.15, -0.1) is 0 Å². The lowest BCUT2D eigenvalue weighted by atomic mass is 9.99. The van der Waals surface area contributed by atoms with Gasteiger partial charge < -0.3 is 15.1 Å². The third kappa shape index (κ3) is 4.97. The van der Waals surface area contributed by atoms with E-state index in [9.17, 15) is 9.59 Å². The minimum atomic E-state index is -0.116. The lowest BCUT2D eigenvalue weighted by molar-refractivity contribution is -0.134. The molecule has 0 aliphatic carbocycles. The molecule has 3 rings (SSSR count). The highest BCUT2D eigenvalue weighted by Crippen LogP contribution is 2.24. The van der Waals surface area contributed by atoms with E-state index in [0.29, 0.717) is 13.0 Å². The molecule has 0 radical (unpaired) electrons. The van der Waals surface area contributed by atoms with Crippen LogP contribution in [0.15, 0.2) is 24.3 Å². The van der Waals surface area contributed by atoms with Crippen molar-refractivity contribution in [1.82, 2.24) is 4.90 Å². The van der Waals surface area contributed by atoms with Gasteiger partial charge in [-0.25, -0.2) is 0 Å². The van der Waals surface area contributed by atoms with Gasteiger partial charge in [0.2, 0.25) is 11.8 Å². The topological polar surface area (TPSA) is 52.7 Å². The molecule has 0 bridgehead atoms. The SMILES string of the molecule is CC1CCN(c2ccc(NC(=O)CN3CCCCCC3=O)cc2)CC1. The Hall–Kier alpha value is -2.04. The average molecular weight is 343 g/mol. The monoisotopic (exact) mass is 343 g/mol. The number of likely N-dealkylation sites (tertiary alicyclic amines) is 1. The molecule has 2 amide bonds. The number of hydrogen-bond donors (Lipinski definition) is 1. The third-order valence-corrected chi connectivity index (χ3v) is 5.31. The molecule has 25 heavy (non-hydrogen) atoms. The maximum atomic E-state index is 12.2. The minimum Gasteiger partial charge on any atom is -0.372 e. The van der Waals surface area contributed by atoms with Gasteiger partial charge in [0.05, 0.1) is 6.54 Å². The largest absolute Gasteiger partial charge is 0.372 e. The molecular formula is C20H29N3O2. The standard InChI is InChI=1S/C20H29N3O2/c1-16-10-13-22(14-11-16)18-8-6-17(7-9-18)21-19(24)15-23-12-4-2-3-5-20(23)25/h6-9,16H,2-5,10-15H2,1H3,(H,21,24). The van der Waals surface area contributed by atoms with Crippen molar-refractivity contribution in [2.45, 2.75) is 45.4 Å². The average Bonchev–Trinajstić information content (AvgIpc) is 2.81. The van der Waals surface area contributed by atoms with Crippen LogP contribution in [-0.4, -0.2) is 42.9 Å². The third-order valence-electron chi connectivity index (χ3n) is 5.31. The summed E-state index contributed by atoms with van der Waals surface area (Å²) in [5.74, 6) is 0.800. The summed E-state index contributed by atoms with van der Waals surface area (Å²) in [7, 11) is 0. The van der Waals surface area contributed by atoms with Crippen LogP contribution in [0, 0.1) is 5.92 Å². The van der Waals surface area contributed by atoms with E-state index in [0.717, 1.165) is 44.0 Å². The van der Waals surface area contributed by atoms with Crippen LogP contribution >= 0.6 is 0 Å². The van der Waals surface area contributed by atoms with E-state index in [1.807, 2.05) is 12.1 Å². The Balaban J connectivity index is 1.52. The van der Waals surface area contributed by atoms with Crippen molar-refractivity contribution in [2.24, 2.45) is 5.92 Å². The second-order valence-electron chi connectivity index (χ2n) is 7.39. The van der Waals surface area contributed by atoms with Gasteiger partial charge in [-0.2, -0.15) is 0 Å². The molecule has 0 saturated carbocycles. The van der Waals surface area contributed by atoms with Gasteiger partial charge in [-0.05, 0) is 55.9 Å². The second-order valence-corrected chi connectivity index (χ2v) is 7.39. The highest BCUT2D eigenvalue weighted by molar-refractivity contribution is 5.94. The minimum absolute atomic E-state index is 0.0994. The molecule has 136 valence electrons. The predicted molar refractivity (Wildman–Crippen MR) is 101 cm³/mol. The number of piperidine rings is 1. The molecule has 1 aromatic carbocycles. The fourth-order valence-corrected chi connectivity index (χ4v) is 3.60. The van der Waals surface area contributed by atoms with Crippen LogP contribution in [0.25, 0.3) is 0 Å². The van der Waals surface area contributed by atoms with E-state index in [-0.39, 0.29) is 18.4 Å². The first kappa shape index (κ1) is 17.8. The first-order valence-corrected chi connectivity index (χ1v) is 9.54. The van der Waals surface area contributed by atoms with Crippen LogP contribution in [0.1, 0.15) is 45.4 Å². The summed E-state index contributed by atoms with van der Waals surface area (Å²) < 4.78 is 0. The van der Waals surface area contributed by atoms with Crippen LogP contribution in [0.4, 0.5) is 11.4 Å². The predicted octanol–water partition coefficient (Wildman–Crippen LogP) is 3.26. The molecule has 2 aliphatic rings. The number of nitrogens with zero attached hydrogens (tertiary/aromatic N) is 2. The van der Waals surface area contributed by atoms with E-state index >= 15 is 0 Å². The summed E-state index contributed by atoms with van der Waals surface area (Å²) >= 11 is 0. The summed E-state index contributed by atoms with van der Waals surface area (Å²) in [6.45, 7) is 5.36. The van der Waals surface area contributed by atoms with Crippen LogP contribution in [0.2, 0.25) is 0 Å². The first-order chi connectivity index (χ1) is 12.1. The number of anilines is 2. The Morgan fingerprint density at radius 2 is 1.80 bits per heavy atom. The molecule has 2 aliphatic heterocycles. The lowest BCUT2D eigenvalue weighted by Gasteiger charge is -2.32. The molecule has 0 atom stereocenters. The van der Waals surface area contributed by atoms with Gasteiger partial charge in [0.1, 0.15) is 0 Å². The van der Waals surface area contributed by atoms with Crippen LogP contribution < -0.4 is 10.2 Å². The quantitative estimate of drug-likeness (QED) is 0.913. The van der Waals surface area contributed by atoms with E-state index in [1.165, 1.54) is 18.5 Å². The molecule has 1 aromatic rings. The van der Waals surface area contributed by atoms with Gasteiger partial charge in [-0.1, -0.05) is 13.3 Å². The number of rotatable bonds is 4. The number of benzene rings is 1. The Labute approximate surface area is 150 Å². The maximum absolute atomic E-state index is 12.2. The Morgan fingerprint density at radius 3 is 2.52 bits per heavy atom. The highest BCUT2D eigenvalue weighted by atomic mass is 16.2. The molecule has 0 unspecified atom stereocenters. The molecule has 2 fully saturated rings. The maximum Gasteiger partial charge on any atom is 0.243 e. The number of amides is 2. The molecule has 5 nitrogen and oxygen atoms in total. The summed E-state index contributed by atoms with van der Waals surface area (Å²) in [5.41, 5.74) is 2.01. The fourth-order valence-electron chi connectivity index (χ4n) is 3.60. The molecule has 2 heterocycles. The normalized spacial score (nSPS) is 19.6. The summed E-state index contributed by atoms with van der Waals surface area (Å²) in [5, 5.41) is 2.92. The van der Waals surface area contributed by atoms with Gasteiger partial charge in [-0.3, -0.25) is 9.59 Å². The van der Waals surface area contributed by atoms with Crippen LogP contribution in [0.5, 0.6) is 0 Å². The Morgan fingerprint density at radius 1 is 1.08 bits per heavy atom. The highest BCUT2D eigenvalue weighted by Gasteiger charge is 2.19. The molecular weight excluding hydrogens is 314 g/mol. The molecule has 0 spiro atoms. The van der Waals surface area contributed by atoms with Crippen molar-refractivity contribution in [2.75, 3.05) is 36.4 Å². The molecule has 0 aromatic heterocycles. The molecule has 2 saturated heterocycles. The molecule has 1 N–H and O–H groups in total.